The first kappa shape index (κ1) is 15.6. The Morgan fingerprint density at radius 2 is 2.21 bits per heavy atom. The zero-order valence-electron chi connectivity index (χ0n) is 11.3. The predicted octanol–water partition coefficient (Wildman–Crippen LogP) is 3.02. The van der Waals surface area contributed by atoms with Gasteiger partial charge in [0.15, 0.2) is 0 Å². The van der Waals surface area contributed by atoms with Gasteiger partial charge in [-0.2, -0.15) is 0 Å². The highest BCUT2D eigenvalue weighted by Crippen LogP contribution is 2.21. The SMILES string of the molecule is CC(C)CCC(=O)Nc1cc(Cl)ccc1C#CCN. The molecule has 3 N–H and O–H groups in total. The van der Waals surface area contributed by atoms with Crippen LogP contribution in [0.4, 0.5) is 5.69 Å². The first-order chi connectivity index (χ1) is 9.02. The fourth-order valence-corrected chi connectivity index (χ4v) is 1.68. The Morgan fingerprint density at radius 3 is 2.84 bits per heavy atom. The molecule has 1 rings (SSSR count). The van der Waals surface area contributed by atoms with Crippen LogP contribution in [0.15, 0.2) is 18.2 Å². The highest BCUT2D eigenvalue weighted by Gasteiger charge is 2.07. The highest BCUT2D eigenvalue weighted by molar-refractivity contribution is 6.31. The Kier molecular flexibility index (Phi) is 6.41. The molecule has 0 spiro atoms. The summed E-state index contributed by atoms with van der Waals surface area (Å²) in [6.45, 7) is 4.46. The number of carbonyl (C=O) groups excluding carboxylic acids is 1. The van der Waals surface area contributed by atoms with Gasteiger partial charge in [-0.25, -0.2) is 0 Å². The zero-order chi connectivity index (χ0) is 14.3. The molecule has 0 heterocycles. The molecule has 4 heteroatoms. The number of hydrogen-bond donors (Lipinski definition) is 2. The summed E-state index contributed by atoms with van der Waals surface area (Å²) < 4.78 is 0. The lowest BCUT2D eigenvalue weighted by molar-refractivity contribution is -0.116. The lowest BCUT2D eigenvalue weighted by Crippen LogP contribution is -2.13. The molecule has 19 heavy (non-hydrogen) atoms. The maximum atomic E-state index is 11.8. The van der Waals surface area contributed by atoms with Crippen molar-refractivity contribution >= 4 is 23.2 Å². The Hall–Kier alpha value is -1.50. The Balaban J connectivity index is 2.80. The fraction of sp³-hybridized carbons (Fsp3) is 0.400. The van der Waals surface area contributed by atoms with E-state index in [4.69, 9.17) is 17.3 Å². The number of nitrogens with one attached hydrogen (secondary N) is 1. The average Bonchev–Trinajstić information content (AvgIpc) is 2.35. The van der Waals surface area contributed by atoms with Gasteiger partial charge < -0.3 is 11.1 Å². The largest absolute Gasteiger partial charge is 0.325 e. The Labute approximate surface area is 119 Å². The van der Waals surface area contributed by atoms with Gasteiger partial charge in [-0.05, 0) is 30.5 Å². The van der Waals surface area contributed by atoms with E-state index >= 15 is 0 Å². The van der Waals surface area contributed by atoms with Crippen LogP contribution in [-0.4, -0.2) is 12.5 Å². The van der Waals surface area contributed by atoms with Crippen LogP contribution in [0, 0.1) is 17.8 Å². The van der Waals surface area contributed by atoms with Crippen molar-refractivity contribution in [1.29, 1.82) is 0 Å². The molecule has 0 saturated carbocycles. The second-order valence-electron chi connectivity index (χ2n) is 4.68. The van der Waals surface area contributed by atoms with Crippen LogP contribution in [0.5, 0.6) is 0 Å². The number of rotatable bonds is 4. The summed E-state index contributed by atoms with van der Waals surface area (Å²) in [7, 11) is 0. The third kappa shape index (κ3) is 5.78. The topological polar surface area (TPSA) is 55.1 Å². The number of hydrogen-bond acceptors (Lipinski definition) is 2. The van der Waals surface area contributed by atoms with Gasteiger partial charge in [0.25, 0.3) is 0 Å². The van der Waals surface area contributed by atoms with Crippen molar-refractivity contribution < 1.29 is 4.79 Å². The number of halogens is 1. The minimum atomic E-state index is -0.0215. The highest BCUT2D eigenvalue weighted by atomic mass is 35.5. The summed E-state index contributed by atoms with van der Waals surface area (Å²) in [5, 5.41) is 3.42. The van der Waals surface area contributed by atoms with Crippen LogP contribution < -0.4 is 11.1 Å². The van der Waals surface area contributed by atoms with Crippen LogP contribution in [0.25, 0.3) is 0 Å². The predicted molar refractivity (Wildman–Crippen MR) is 80.1 cm³/mol. The maximum absolute atomic E-state index is 11.8. The smallest absolute Gasteiger partial charge is 0.224 e. The molecule has 0 fully saturated rings. The van der Waals surface area contributed by atoms with Crippen molar-refractivity contribution in [3.05, 3.63) is 28.8 Å². The van der Waals surface area contributed by atoms with E-state index in [1.807, 2.05) is 0 Å². The molecule has 102 valence electrons. The second kappa shape index (κ2) is 7.83. The first-order valence-corrected chi connectivity index (χ1v) is 6.69. The molecular weight excluding hydrogens is 260 g/mol. The van der Waals surface area contributed by atoms with Crippen LogP contribution in [0.3, 0.4) is 0 Å². The molecule has 0 atom stereocenters. The zero-order valence-corrected chi connectivity index (χ0v) is 12.1. The second-order valence-corrected chi connectivity index (χ2v) is 5.11. The fourth-order valence-electron chi connectivity index (χ4n) is 1.51. The van der Waals surface area contributed by atoms with Gasteiger partial charge in [0, 0.05) is 17.0 Å². The molecule has 0 aliphatic carbocycles. The third-order valence-electron chi connectivity index (χ3n) is 2.53. The summed E-state index contributed by atoms with van der Waals surface area (Å²) in [5.74, 6) is 6.17. The minimum absolute atomic E-state index is 0.0215. The van der Waals surface area contributed by atoms with Crippen molar-refractivity contribution in [3.63, 3.8) is 0 Å². The van der Waals surface area contributed by atoms with Crippen molar-refractivity contribution in [2.75, 3.05) is 11.9 Å². The number of carbonyl (C=O) groups is 1. The summed E-state index contributed by atoms with van der Waals surface area (Å²) in [5.41, 5.74) is 6.72. The molecule has 0 unspecified atom stereocenters. The normalized spacial score (nSPS) is 9.95. The third-order valence-corrected chi connectivity index (χ3v) is 2.76. The first-order valence-electron chi connectivity index (χ1n) is 6.31. The molecule has 0 aliphatic rings. The van der Waals surface area contributed by atoms with Gasteiger partial charge in [-0.1, -0.05) is 37.3 Å². The quantitative estimate of drug-likeness (QED) is 0.832. The van der Waals surface area contributed by atoms with Gasteiger partial charge in [-0.15, -0.1) is 0 Å². The lowest BCUT2D eigenvalue weighted by Gasteiger charge is -2.09. The van der Waals surface area contributed by atoms with Gasteiger partial charge in [-0.3, -0.25) is 4.79 Å². The van der Waals surface area contributed by atoms with Gasteiger partial charge >= 0.3 is 0 Å². The van der Waals surface area contributed by atoms with Crippen LogP contribution in [-0.2, 0) is 4.79 Å². The Bertz CT molecular complexity index is 501. The van der Waals surface area contributed by atoms with E-state index < -0.39 is 0 Å². The van der Waals surface area contributed by atoms with Gasteiger partial charge in [0.05, 0.1) is 12.2 Å². The van der Waals surface area contributed by atoms with E-state index in [0.29, 0.717) is 23.0 Å². The summed E-state index contributed by atoms with van der Waals surface area (Å²) >= 11 is 5.94. The molecule has 3 nitrogen and oxygen atoms in total. The molecule has 0 aromatic heterocycles. The van der Waals surface area contributed by atoms with Crippen molar-refractivity contribution in [1.82, 2.24) is 0 Å². The van der Waals surface area contributed by atoms with Crippen molar-refractivity contribution in [2.24, 2.45) is 11.7 Å². The molecule has 1 amide bonds. The van der Waals surface area contributed by atoms with E-state index in [0.717, 1.165) is 12.0 Å². The molecule has 0 aliphatic heterocycles. The number of nitrogens with two attached hydrogens (primary N) is 1. The number of benzene rings is 1. The van der Waals surface area contributed by atoms with Crippen LogP contribution in [0.2, 0.25) is 5.02 Å². The summed E-state index contributed by atoms with van der Waals surface area (Å²) in [6.07, 6.45) is 1.35. The summed E-state index contributed by atoms with van der Waals surface area (Å²) in [4.78, 5) is 11.8. The van der Waals surface area contributed by atoms with Crippen LogP contribution in [0.1, 0.15) is 32.3 Å². The number of amides is 1. The monoisotopic (exact) mass is 278 g/mol. The lowest BCUT2D eigenvalue weighted by atomic mass is 10.1. The van der Waals surface area contributed by atoms with E-state index in [-0.39, 0.29) is 12.5 Å². The van der Waals surface area contributed by atoms with E-state index in [1.54, 1.807) is 18.2 Å². The van der Waals surface area contributed by atoms with Crippen molar-refractivity contribution in [3.8, 4) is 11.8 Å². The molecular formula is C15H19ClN2O. The number of anilines is 1. The molecule has 1 aromatic carbocycles. The maximum Gasteiger partial charge on any atom is 0.224 e. The molecule has 0 bridgehead atoms. The summed E-state index contributed by atoms with van der Waals surface area (Å²) in [6, 6.07) is 5.23. The van der Waals surface area contributed by atoms with Crippen molar-refractivity contribution in [2.45, 2.75) is 26.7 Å². The van der Waals surface area contributed by atoms with E-state index in [1.165, 1.54) is 0 Å². The van der Waals surface area contributed by atoms with Crippen LogP contribution >= 0.6 is 11.6 Å². The van der Waals surface area contributed by atoms with E-state index in [9.17, 15) is 4.79 Å². The molecule has 0 saturated heterocycles. The van der Waals surface area contributed by atoms with E-state index in [2.05, 4.69) is 31.0 Å². The molecule has 1 aromatic rings. The average molecular weight is 279 g/mol. The van der Waals surface area contributed by atoms with Gasteiger partial charge in [0.2, 0.25) is 5.91 Å². The molecule has 0 radical (unpaired) electrons. The standard InChI is InChI=1S/C15H19ClN2O/c1-11(2)5-8-15(19)18-14-10-13(16)7-6-12(14)4-3-9-17/h6-7,10-11H,5,8-9,17H2,1-2H3,(H,18,19). The minimum Gasteiger partial charge on any atom is -0.325 e. The Morgan fingerprint density at radius 1 is 1.47 bits per heavy atom. The van der Waals surface area contributed by atoms with Gasteiger partial charge in [0.1, 0.15) is 0 Å².